The fraction of sp³-hybridized carbons (Fsp3) is 0.824. The minimum absolute atomic E-state index is 0.169. The lowest BCUT2D eigenvalue weighted by Crippen LogP contribution is -2.36. The second-order valence-corrected chi connectivity index (χ2v) is 8.81. The summed E-state index contributed by atoms with van der Waals surface area (Å²) in [6.07, 6.45) is 7.55. The summed E-state index contributed by atoms with van der Waals surface area (Å²) in [6.45, 7) is 3.83. The number of nitrogens with zero attached hydrogens (tertiary/aromatic N) is 4. The Morgan fingerprint density at radius 2 is 1.78 bits per heavy atom. The maximum absolute atomic E-state index is 12.8. The quantitative estimate of drug-likeness (QED) is 0.853. The molecule has 124 valence electrons. The van der Waals surface area contributed by atoms with Crippen molar-refractivity contribution < 1.29 is 4.79 Å². The average molecular weight is 332 g/mol. The lowest BCUT2D eigenvalue weighted by atomic mass is 10.0. The summed E-state index contributed by atoms with van der Waals surface area (Å²) in [5.74, 6) is 2.82. The molecular weight excluding hydrogens is 308 g/mol. The maximum atomic E-state index is 12.8. The van der Waals surface area contributed by atoms with Gasteiger partial charge in [0.1, 0.15) is 5.01 Å². The van der Waals surface area contributed by atoms with Crippen molar-refractivity contribution in [3.8, 4) is 0 Å². The minimum Gasteiger partial charge on any atom is -0.346 e. The number of carbonyl (C=O) groups is 1. The predicted molar refractivity (Wildman–Crippen MR) is 89.6 cm³/mol. The van der Waals surface area contributed by atoms with E-state index in [4.69, 9.17) is 0 Å². The molecule has 0 bridgehead atoms. The van der Waals surface area contributed by atoms with Gasteiger partial charge in [-0.25, -0.2) is 0 Å². The Hall–Kier alpha value is -1.17. The largest absolute Gasteiger partial charge is 0.346 e. The minimum atomic E-state index is 0.169. The van der Waals surface area contributed by atoms with E-state index in [1.54, 1.807) is 11.3 Å². The van der Waals surface area contributed by atoms with Gasteiger partial charge in [-0.2, -0.15) is 0 Å². The van der Waals surface area contributed by atoms with E-state index in [-0.39, 0.29) is 5.92 Å². The highest BCUT2D eigenvalue weighted by molar-refractivity contribution is 7.15. The highest BCUT2D eigenvalue weighted by Gasteiger charge is 2.41. The zero-order valence-electron chi connectivity index (χ0n) is 13.5. The summed E-state index contributed by atoms with van der Waals surface area (Å²) in [6, 6.07) is 0. The van der Waals surface area contributed by atoms with E-state index in [1.807, 2.05) is 0 Å². The van der Waals surface area contributed by atoms with E-state index < -0.39 is 0 Å². The smallest absolute Gasteiger partial charge is 0.227 e. The van der Waals surface area contributed by atoms with Gasteiger partial charge >= 0.3 is 0 Å². The monoisotopic (exact) mass is 332 g/mol. The van der Waals surface area contributed by atoms with Crippen LogP contribution >= 0.6 is 11.3 Å². The number of hydrogen-bond donors (Lipinski definition) is 0. The molecule has 2 saturated heterocycles. The van der Waals surface area contributed by atoms with Crippen LogP contribution in [0.5, 0.6) is 0 Å². The van der Waals surface area contributed by atoms with Gasteiger partial charge in [0, 0.05) is 32.1 Å². The fourth-order valence-corrected chi connectivity index (χ4v) is 5.71. The maximum Gasteiger partial charge on any atom is 0.227 e. The molecule has 5 rings (SSSR count). The van der Waals surface area contributed by atoms with Crippen LogP contribution in [-0.2, 0) is 4.79 Å². The molecule has 2 aliphatic carbocycles. The van der Waals surface area contributed by atoms with Crippen molar-refractivity contribution in [3.63, 3.8) is 0 Å². The van der Waals surface area contributed by atoms with E-state index in [0.29, 0.717) is 11.8 Å². The molecule has 1 aromatic rings. The number of anilines is 1. The first-order valence-electron chi connectivity index (χ1n) is 9.15. The molecule has 6 heteroatoms. The average Bonchev–Trinajstić information content (AvgIpc) is 3.00. The topological polar surface area (TPSA) is 49.3 Å². The third-order valence-corrected chi connectivity index (χ3v) is 7.35. The Kier molecular flexibility index (Phi) is 3.35. The van der Waals surface area contributed by atoms with Gasteiger partial charge in [-0.05, 0) is 43.9 Å². The first-order chi connectivity index (χ1) is 11.3. The molecule has 0 spiro atoms. The molecule has 1 aromatic heterocycles. The van der Waals surface area contributed by atoms with Crippen LogP contribution in [0.3, 0.4) is 0 Å². The predicted octanol–water partition coefficient (Wildman–Crippen LogP) is 2.50. The van der Waals surface area contributed by atoms with Crippen LogP contribution in [0, 0.1) is 17.8 Å². The Morgan fingerprint density at radius 3 is 2.52 bits per heavy atom. The van der Waals surface area contributed by atoms with Gasteiger partial charge in [0.2, 0.25) is 11.0 Å². The molecule has 0 radical (unpaired) electrons. The van der Waals surface area contributed by atoms with E-state index in [9.17, 15) is 4.79 Å². The molecule has 3 heterocycles. The van der Waals surface area contributed by atoms with Gasteiger partial charge in [-0.3, -0.25) is 4.79 Å². The summed E-state index contributed by atoms with van der Waals surface area (Å²) in [7, 11) is 0. The van der Waals surface area contributed by atoms with E-state index in [0.717, 1.165) is 49.6 Å². The normalized spacial score (nSPS) is 33.5. The van der Waals surface area contributed by atoms with Crippen molar-refractivity contribution in [2.75, 3.05) is 31.1 Å². The third kappa shape index (κ3) is 2.55. The van der Waals surface area contributed by atoms with Crippen LogP contribution in [0.15, 0.2) is 0 Å². The Labute approximate surface area is 141 Å². The first kappa shape index (κ1) is 14.2. The number of likely N-dealkylation sites (tertiary alicyclic amines) is 1. The van der Waals surface area contributed by atoms with Crippen molar-refractivity contribution in [1.29, 1.82) is 0 Å². The van der Waals surface area contributed by atoms with Crippen molar-refractivity contribution >= 4 is 22.4 Å². The number of fused-ring (bicyclic) bond motifs is 1. The number of hydrogen-bond acceptors (Lipinski definition) is 5. The molecule has 3 unspecified atom stereocenters. The molecule has 4 fully saturated rings. The van der Waals surface area contributed by atoms with Crippen molar-refractivity contribution in [2.24, 2.45) is 17.8 Å². The van der Waals surface area contributed by atoms with E-state index in [1.165, 1.54) is 37.1 Å². The Bertz CT molecular complexity index is 601. The summed E-state index contributed by atoms with van der Waals surface area (Å²) in [4.78, 5) is 17.3. The summed E-state index contributed by atoms with van der Waals surface area (Å²) in [5, 5.41) is 10.9. The lowest BCUT2D eigenvalue weighted by Gasteiger charge is -2.21. The van der Waals surface area contributed by atoms with Crippen LogP contribution in [0.25, 0.3) is 0 Å². The van der Waals surface area contributed by atoms with E-state index in [2.05, 4.69) is 20.0 Å². The second kappa shape index (κ2) is 5.43. The molecule has 2 aliphatic heterocycles. The molecule has 1 amide bonds. The highest BCUT2D eigenvalue weighted by atomic mass is 32.1. The van der Waals surface area contributed by atoms with Crippen molar-refractivity contribution in [1.82, 2.24) is 15.1 Å². The first-order valence-corrected chi connectivity index (χ1v) is 9.96. The number of aromatic nitrogens is 2. The lowest BCUT2D eigenvalue weighted by molar-refractivity contribution is -0.134. The molecule has 23 heavy (non-hydrogen) atoms. The molecule has 0 aromatic carbocycles. The van der Waals surface area contributed by atoms with Crippen LogP contribution in [0.2, 0.25) is 0 Å². The second-order valence-electron chi connectivity index (χ2n) is 7.82. The van der Waals surface area contributed by atoms with Crippen LogP contribution < -0.4 is 4.90 Å². The molecule has 4 aliphatic rings. The van der Waals surface area contributed by atoms with Gasteiger partial charge in [0.05, 0.1) is 5.92 Å². The van der Waals surface area contributed by atoms with Crippen LogP contribution in [-0.4, -0.2) is 47.2 Å². The Balaban J connectivity index is 1.22. The zero-order valence-corrected chi connectivity index (χ0v) is 14.3. The van der Waals surface area contributed by atoms with Gasteiger partial charge in [0.15, 0.2) is 0 Å². The van der Waals surface area contributed by atoms with Gasteiger partial charge < -0.3 is 9.80 Å². The number of rotatable bonds is 3. The zero-order chi connectivity index (χ0) is 15.4. The van der Waals surface area contributed by atoms with Gasteiger partial charge in [-0.15, -0.1) is 10.2 Å². The standard InChI is InChI=1S/C17H24N4OS/c22-16(21-8-12-2-1-3-13(12)9-21)14-6-7-20(10-14)17-19-18-15(23-17)11-4-5-11/h11-14H,1-10H2. The van der Waals surface area contributed by atoms with Crippen LogP contribution in [0.4, 0.5) is 5.13 Å². The third-order valence-electron chi connectivity index (χ3n) is 6.20. The summed E-state index contributed by atoms with van der Waals surface area (Å²) in [5.41, 5.74) is 0. The summed E-state index contributed by atoms with van der Waals surface area (Å²) >= 11 is 1.74. The molecule has 3 atom stereocenters. The number of amides is 1. The van der Waals surface area contributed by atoms with Crippen LogP contribution in [0.1, 0.15) is 49.5 Å². The Morgan fingerprint density at radius 1 is 1.00 bits per heavy atom. The van der Waals surface area contributed by atoms with Crippen molar-refractivity contribution in [3.05, 3.63) is 5.01 Å². The van der Waals surface area contributed by atoms with Crippen molar-refractivity contribution in [2.45, 2.75) is 44.4 Å². The number of carbonyl (C=O) groups excluding carboxylic acids is 1. The highest BCUT2D eigenvalue weighted by Crippen LogP contribution is 2.43. The molecule has 0 N–H and O–H groups in total. The SMILES string of the molecule is O=C(C1CCN(c2nnc(C3CC3)s2)C1)N1CC2CCCC2C1. The van der Waals surface area contributed by atoms with Gasteiger partial charge in [0.25, 0.3) is 0 Å². The van der Waals surface area contributed by atoms with E-state index >= 15 is 0 Å². The fourth-order valence-electron chi connectivity index (χ4n) is 4.66. The molecular formula is C17H24N4OS. The molecule has 2 saturated carbocycles. The molecule has 5 nitrogen and oxygen atoms in total. The summed E-state index contributed by atoms with van der Waals surface area (Å²) < 4.78 is 0. The van der Waals surface area contributed by atoms with Gasteiger partial charge in [-0.1, -0.05) is 17.8 Å².